The molecule has 4 heteroatoms. The Labute approximate surface area is 214 Å². The Balaban J connectivity index is 1.74. The number of hydrogen-bond acceptors (Lipinski definition) is 4. The van der Waals surface area contributed by atoms with Crippen LogP contribution in [-0.4, -0.2) is 26.2 Å². The lowest BCUT2D eigenvalue weighted by molar-refractivity contribution is -0.139. The molecule has 2 atom stereocenters. The van der Waals surface area contributed by atoms with Gasteiger partial charge in [0, 0.05) is 24.7 Å². The highest BCUT2D eigenvalue weighted by Gasteiger charge is 2.46. The van der Waals surface area contributed by atoms with Gasteiger partial charge in [0.1, 0.15) is 0 Å². The molecule has 2 bridgehead atoms. The maximum atomic E-state index is 12.8. The Hall–Kier alpha value is -3.14. The van der Waals surface area contributed by atoms with Gasteiger partial charge in [-0.15, -0.1) is 0 Å². The largest absolute Gasteiger partial charge is 0.466 e. The van der Waals surface area contributed by atoms with Gasteiger partial charge in [-0.25, -0.2) is 9.59 Å². The zero-order valence-electron chi connectivity index (χ0n) is 22.7. The van der Waals surface area contributed by atoms with E-state index in [-0.39, 0.29) is 22.7 Å². The minimum atomic E-state index is -0.449. The van der Waals surface area contributed by atoms with Crippen LogP contribution in [0.2, 0.25) is 0 Å². The summed E-state index contributed by atoms with van der Waals surface area (Å²) < 4.78 is 10.2. The van der Waals surface area contributed by atoms with E-state index < -0.39 is 11.9 Å². The third-order valence-electron chi connectivity index (χ3n) is 8.22. The van der Waals surface area contributed by atoms with Crippen LogP contribution in [0.1, 0.15) is 99.6 Å². The second kappa shape index (κ2) is 8.19. The molecule has 0 radical (unpaired) electrons. The van der Waals surface area contributed by atoms with E-state index in [2.05, 4.69) is 77.9 Å². The van der Waals surface area contributed by atoms with Crippen LogP contribution in [-0.2, 0) is 29.9 Å². The molecule has 0 heterocycles. The van der Waals surface area contributed by atoms with Gasteiger partial charge < -0.3 is 9.47 Å². The molecule has 0 spiro atoms. The van der Waals surface area contributed by atoms with Gasteiger partial charge in [0.2, 0.25) is 0 Å². The van der Waals surface area contributed by atoms with Crippen LogP contribution in [0, 0.1) is 0 Å². The van der Waals surface area contributed by atoms with Gasteiger partial charge in [0.25, 0.3) is 0 Å². The first-order valence-electron chi connectivity index (χ1n) is 12.8. The summed E-state index contributed by atoms with van der Waals surface area (Å²) in [7, 11) is 2.74. The zero-order valence-corrected chi connectivity index (χ0v) is 22.7. The van der Waals surface area contributed by atoms with Crippen molar-refractivity contribution in [2.45, 2.75) is 77.0 Å². The minimum Gasteiger partial charge on any atom is -0.466 e. The molecule has 0 fully saturated rings. The number of rotatable bonds is 2. The van der Waals surface area contributed by atoms with Gasteiger partial charge in [-0.1, -0.05) is 89.1 Å². The Morgan fingerprint density at radius 2 is 1.00 bits per heavy atom. The molecule has 0 amide bonds. The maximum absolute atomic E-state index is 12.8. The highest BCUT2D eigenvalue weighted by atomic mass is 16.5. The Bertz CT molecular complexity index is 1250. The van der Waals surface area contributed by atoms with Gasteiger partial charge in [0.05, 0.1) is 25.4 Å². The molecule has 4 aliphatic rings. The highest BCUT2D eigenvalue weighted by molar-refractivity contribution is 6.02. The number of methoxy groups -OCH3 is 2. The van der Waals surface area contributed by atoms with Crippen LogP contribution in [0.5, 0.6) is 0 Å². The topological polar surface area (TPSA) is 52.6 Å². The van der Waals surface area contributed by atoms with Gasteiger partial charge in [-0.2, -0.15) is 0 Å². The highest BCUT2D eigenvalue weighted by Crippen LogP contribution is 2.60. The molecule has 2 aromatic rings. The quantitative estimate of drug-likeness (QED) is 0.356. The summed E-state index contributed by atoms with van der Waals surface area (Å²) in [5, 5.41) is 0. The fourth-order valence-electron chi connectivity index (χ4n) is 6.23. The first kappa shape index (κ1) is 24.5. The summed E-state index contributed by atoms with van der Waals surface area (Å²) in [6.07, 6.45) is 0.820. The van der Waals surface area contributed by atoms with Gasteiger partial charge in [-0.05, 0) is 44.2 Å². The molecule has 6 rings (SSSR count). The number of carbonyl (C=O) groups is 2. The van der Waals surface area contributed by atoms with Crippen LogP contribution < -0.4 is 0 Å². The number of esters is 2. The van der Waals surface area contributed by atoms with E-state index in [0.717, 1.165) is 0 Å². The molecule has 36 heavy (non-hydrogen) atoms. The standard InChI is InChI=1S/C32H36O4/c1-31(2,3)17-9-11-19-21(13-17)27-20-12-10-18(32(4,5)6)14-22(20)28(19)24-16-26(30(34)36-8)25(15-23(24)27)29(33)35-7/h9-14,27-28H,15-16H2,1-8H3/t27-,28-/m0/s1. The molecular formula is C32H36O4. The lowest BCUT2D eigenvalue weighted by Gasteiger charge is -2.46. The summed E-state index contributed by atoms with van der Waals surface area (Å²) in [6, 6.07) is 13.8. The monoisotopic (exact) mass is 484 g/mol. The summed E-state index contributed by atoms with van der Waals surface area (Å²) in [5.74, 6) is -0.777. The third-order valence-corrected chi connectivity index (χ3v) is 8.22. The van der Waals surface area contributed by atoms with Gasteiger partial charge in [0.15, 0.2) is 0 Å². The fourth-order valence-corrected chi connectivity index (χ4v) is 6.23. The maximum Gasteiger partial charge on any atom is 0.334 e. The molecule has 0 N–H and O–H groups in total. The van der Waals surface area contributed by atoms with Crippen molar-refractivity contribution >= 4 is 11.9 Å². The molecule has 4 nitrogen and oxygen atoms in total. The van der Waals surface area contributed by atoms with Crippen LogP contribution in [0.3, 0.4) is 0 Å². The summed E-state index contributed by atoms with van der Waals surface area (Å²) in [6.45, 7) is 13.4. The van der Waals surface area contributed by atoms with Gasteiger partial charge >= 0.3 is 11.9 Å². The van der Waals surface area contributed by atoms with E-state index in [4.69, 9.17) is 9.47 Å². The second-order valence-corrected chi connectivity index (χ2v) is 12.4. The molecule has 0 aliphatic heterocycles. The van der Waals surface area contributed by atoms with E-state index in [1.807, 2.05) is 0 Å². The minimum absolute atomic E-state index is 0.0313. The van der Waals surface area contributed by atoms with E-state index in [1.165, 1.54) is 58.7 Å². The van der Waals surface area contributed by atoms with Crippen molar-refractivity contribution in [3.8, 4) is 0 Å². The van der Waals surface area contributed by atoms with Crippen LogP contribution >= 0.6 is 0 Å². The molecule has 4 aliphatic carbocycles. The summed E-state index contributed by atoms with van der Waals surface area (Å²) in [5.41, 5.74) is 11.3. The lowest BCUT2D eigenvalue weighted by atomic mass is 9.57. The SMILES string of the molecule is COC(=O)C1=C(C(=O)OC)CC2=C(C1)[C@H]1c3ccc(C(C)(C)C)cc3[C@@H]2c2ccc(C(C)(C)C)cc21. The summed E-state index contributed by atoms with van der Waals surface area (Å²) in [4.78, 5) is 25.6. The fraction of sp³-hybridized carbons (Fsp3) is 0.438. The Kier molecular flexibility index (Phi) is 5.59. The van der Waals surface area contributed by atoms with Crippen molar-refractivity contribution in [2.24, 2.45) is 0 Å². The first-order chi connectivity index (χ1) is 16.9. The number of benzene rings is 2. The van der Waals surface area contributed by atoms with E-state index in [9.17, 15) is 9.59 Å². The predicted octanol–water partition coefficient (Wildman–Crippen LogP) is 6.61. The number of ether oxygens (including phenoxy) is 2. The Morgan fingerprint density at radius 1 is 0.639 bits per heavy atom. The number of hydrogen-bond donors (Lipinski definition) is 0. The molecule has 0 unspecified atom stereocenters. The normalized spacial score (nSPS) is 20.6. The van der Waals surface area contributed by atoms with Crippen molar-refractivity contribution in [2.75, 3.05) is 14.2 Å². The number of allylic oxidation sites excluding steroid dienone is 2. The molecule has 2 aromatic carbocycles. The zero-order chi connectivity index (χ0) is 26.2. The van der Waals surface area contributed by atoms with Crippen molar-refractivity contribution in [1.82, 2.24) is 0 Å². The molecule has 0 saturated heterocycles. The Morgan fingerprint density at radius 3 is 1.31 bits per heavy atom. The molecular weight excluding hydrogens is 448 g/mol. The molecule has 188 valence electrons. The smallest absolute Gasteiger partial charge is 0.334 e. The first-order valence-corrected chi connectivity index (χ1v) is 12.8. The van der Waals surface area contributed by atoms with Gasteiger partial charge in [-0.3, -0.25) is 0 Å². The summed E-state index contributed by atoms with van der Waals surface area (Å²) >= 11 is 0. The van der Waals surface area contributed by atoms with Crippen molar-refractivity contribution in [1.29, 1.82) is 0 Å². The molecule has 0 aromatic heterocycles. The van der Waals surface area contributed by atoms with Crippen LogP contribution in [0.25, 0.3) is 0 Å². The van der Waals surface area contributed by atoms with E-state index >= 15 is 0 Å². The third kappa shape index (κ3) is 3.65. The van der Waals surface area contributed by atoms with Crippen LogP contribution in [0.4, 0.5) is 0 Å². The predicted molar refractivity (Wildman–Crippen MR) is 141 cm³/mol. The second-order valence-electron chi connectivity index (χ2n) is 12.4. The molecule has 0 saturated carbocycles. The average molecular weight is 485 g/mol. The van der Waals surface area contributed by atoms with Crippen molar-refractivity contribution in [3.63, 3.8) is 0 Å². The van der Waals surface area contributed by atoms with Crippen molar-refractivity contribution in [3.05, 3.63) is 92.1 Å². The number of carbonyl (C=O) groups excluding carboxylic acids is 2. The van der Waals surface area contributed by atoms with E-state index in [0.29, 0.717) is 24.0 Å². The van der Waals surface area contributed by atoms with Crippen LogP contribution in [0.15, 0.2) is 58.7 Å². The van der Waals surface area contributed by atoms with E-state index in [1.54, 1.807) is 0 Å². The van der Waals surface area contributed by atoms with Crippen molar-refractivity contribution < 1.29 is 19.1 Å². The lowest BCUT2D eigenvalue weighted by Crippen LogP contribution is -2.33. The average Bonchev–Trinajstić information content (AvgIpc) is 2.84.